The van der Waals surface area contributed by atoms with Gasteiger partial charge in [0.1, 0.15) is 18.3 Å². The van der Waals surface area contributed by atoms with Gasteiger partial charge in [-0.2, -0.15) is 0 Å². The molecule has 2 rings (SSSR count). The minimum Gasteiger partial charge on any atom is -0.438 e. The fourth-order valence-electron chi connectivity index (χ4n) is 2.99. The fraction of sp³-hybridized carbons (Fsp3) is 0.652. The summed E-state index contributed by atoms with van der Waals surface area (Å²) in [6.45, 7) is 8.22. The van der Waals surface area contributed by atoms with Gasteiger partial charge in [-0.1, -0.05) is 0 Å². The maximum absolute atomic E-state index is 13.4. The van der Waals surface area contributed by atoms with Crippen LogP contribution in [0.2, 0.25) is 0 Å². The van der Waals surface area contributed by atoms with Crippen LogP contribution in [0.3, 0.4) is 0 Å². The predicted octanol–water partition coefficient (Wildman–Crippen LogP) is 1.64. The minimum atomic E-state index is -4.23. The van der Waals surface area contributed by atoms with Gasteiger partial charge in [-0.25, -0.2) is 4.79 Å². The van der Waals surface area contributed by atoms with Crippen molar-refractivity contribution in [2.24, 2.45) is 10.8 Å². The van der Waals surface area contributed by atoms with Crippen molar-refractivity contribution in [2.45, 2.75) is 66.1 Å². The first-order valence-electron chi connectivity index (χ1n) is 11.6. The van der Waals surface area contributed by atoms with E-state index >= 15 is 0 Å². The number of ether oxygens (including phenoxy) is 4. The van der Waals surface area contributed by atoms with Crippen LogP contribution in [0.1, 0.15) is 47.8 Å². The zero-order chi connectivity index (χ0) is 28.9. The summed E-state index contributed by atoms with van der Waals surface area (Å²) in [5, 5.41) is 10.7. The summed E-state index contributed by atoms with van der Waals surface area (Å²) in [6, 6.07) is 1.10. The Kier molecular flexibility index (Phi) is 10.4. The third kappa shape index (κ3) is 8.45. The van der Waals surface area contributed by atoms with Crippen LogP contribution in [0.25, 0.3) is 0 Å². The van der Waals surface area contributed by atoms with Crippen LogP contribution in [0.5, 0.6) is 0 Å². The molecule has 0 spiro atoms. The van der Waals surface area contributed by atoms with Crippen LogP contribution in [0, 0.1) is 10.8 Å². The highest BCUT2D eigenvalue weighted by Crippen LogP contribution is 2.50. The molecule has 0 aliphatic carbocycles. The molecule has 1 unspecified atom stereocenters. The molecule has 14 nitrogen and oxygen atoms in total. The first kappa shape index (κ1) is 31.6. The maximum atomic E-state index is 13.4. The average molecular weight is 563 g/mol. The second-order valence-electron chi connectivity index (χ2n) is 10.4. The lowest BCUT2D eigenvalue weighted by atomic mass is 9.98. The Labute approximate surface area is 219 Å². The summed E-state index contributed by atoms with van der Waals surface area (Å²) < 4.78 is 45.8. The molecule has 38 heavy (non-hydrogen) atoms. The van der Waals surface area contributed by atoms with Gasteiger partial charge < -0.3 is 24.1 Å². The monoisotopic (exact) mass is 562 g/mol. The molecule has 0 amide bonds. The molecule has 214 valence electrons. The Morgan fingerprint density at radius 2 is 1.61 bits per heavy atom. The standard InChI is InChI=1S/C23H35N2O12P/c1-22(2,3)19(28)33-12-35-38(31,36-13-34-20(29)23(4,5)6)11-9-14-16(27)17(32-7)18(37-14)25-10-8-15(26)24-21(25)30/h8-11,14,16-18,27H,12-13H2,1-7H3,(H,24,26,30)/b11-9-/t14-,16+,17?,18-/m1/s1. The molecule has 2 heterocycles. The highest BCUT2D eigenvalue weighted by Gasteiger charge is 2.45. The van der Waals surface area contributed by atoms with E-state index in [0.29, 0.717) is 0 Å². The number of H-pyrrole nitrogens is 1. The number of nitrogens with zero attached hydrogens (tertiary/aromatic N) is 1. The smallest absolute Gasteiger partial charge is 0.359 e. The zero-order valence-corrected chi connectivity index (χ0v) is 23.3. The van der Waals surface area contributed by atoms with Gasteiger partial charge in [-0.05, 0) is 47.6 Å². The van der Waals surface area contributed by atoms with E-state index in [1.54, 1.807) is 41.5 Å². The van der Waals surface area contributed by atoms with Gasteiger partial charge in [0.25, 0.3) is 5.56 Å². The number of hydrogen-bond acceptors (Lipinski definition) is 12. The number of esters is 2. The molecular formula is C23H35N2O12P. The average Bonchev–Trinajstić information content (AvgIpc) is 3.11. The zero-order valence-electron chi connectivity index (χ0n) is 22.4. The van der Waals surface area contributed by atoms with Crippen molar-refractivity contribution in [3.8, 4) is 0 Å². The Hall–Kier alpha value is -2.61. The normalized spacial score (nSPS) is 22.5. The number of nitrogens with one attached hydrogen (secondary N) is 1. The molecule has 4 atom stereocenters. The van der Waals surface area contributed by atoms with E-state index in [1.807, 2.05) is 0 Å². The summed E-state index contributed by atoms with van der Waals surface area (Å²) >= 11 is 0. The van der Waals surface area contributed by atoms with Gasteiger partial charge in [-0.15, -0.1) is 0 Å². The highest BCUT2D eigenvalue weighted by atomic mass is 31.2. The fourth-order valence-corrected chi connectivity index (χ4v) is 4.02. The summed E-state index contributed by atoms with van der Waals surface area (Å²) in [6.07, 6.45) is -2.36. The van der Waals surface area contributed by atoms with Gasteiger partial charge in [0.15, 0.2) is 6.23 Å². The largest absolute Gasteiger partial charge is 0.438 e. The third-order valence-electron chi connectivity index (χ3n) is 5.18. The van der Waals surface area contributed by atoms with Gasteiger partial charge in [0, 0.05) is 25.2 Å². The summed E-state index contributed by atoms with van der Waals surface area (Å²) in [5.74, 6) is -0.306. The number of hydrogen-bond donors (Lipinski definition) is 2. The SMILES string of the molecule is COC1[C@@H](O)[C@@H](/C=C\P(=O)(OCOC(=O)C(C)(C)C)OCOC(=O)C(C)(C)C)O[C@H]1n1ccc(=O)[nH]c1=O. The Balaban J connectivity index is 2.22. The third-order valence-corrected chi connectivity index (χ3v) is 6.64. The van der Waals surface area contributed by atoms with E-state index in [2.05, 4.69) is 4.98 Å². The van der Waals surface area contributed by atoms with Crippen LogP contribution in [-0.4, -0.2) is 65.6 Å². The van der Waals surface area contributed by atoms with Crippen molar-refractivity contribution in [2.75, 3.05) is 20.7 Å². The molecule has 1 aliphatic heterocycles. The molecule has 1 saturated heterocycles. The van der Waals surface area contributed by atoms with Crippen LogP contribution in [0.15, 0.2) is 33.7 Å². The van der Waals surface area contributed by atoms with E-state index in [4.69, 9.17) is 28.0 Å². The topological polar surface area (TPSA) is 182 Å². The Bertz CT molecular complexity index is 1140. The highest BCUT2D eigenvalue weighted by molar-refractivity contribution is 7.57. The number of aliphatic hydroxyl groups excluding tert-OH is 1. The van der Waals surface area contributed by atoms with Crippen LogP contribution in [-0.2, 0) is 42.1 Å². The molecule has 1 aromatic heterocycles. The van der Waals surface area contributed by atoms with Crippen LogP contribution >= 0.6 is 7.60 Å². The molecule has 0 saturated carbocycles. The van der Waals surface area contributed by atoms with E-state index in [9.17, 15) is 28.8 Å². The van der Waals surface area contributed by atoms with Gasteiger partial charge >= 0.3 is 25.2 Å². The van der Waals surface area contributed by atoms with E-state index in [-0.39, 0.29) is 0 Å². The predicted molar refractivity (Wildman–Crippen MR) is 132 cm³/mol. The van der Waals surface area contributed by atoms with Crippen molar-refractivity contribution in [1.29, 1.82) is 0 Å². The molecule has 0 aromatic carbocycles. The number of aromatic nitrogens is 2. The lowest BCUT2D eigenvalue weighted by molar-refractivity contribution is -0.161. The van der Waals surface area contributed by atoms with E-state index in [0.717, 1.165) is 22.5 Å². The summed E-state index contributed by atoms with van der Waals surface area (Å²) in [5.41, 5.74) is -3.11. The Morgan fingerprint density at radius 1 is 1.08 bits per heavy atom. The second-order valence-corrected chi connectivity index (χ2v) is 12.3. The molecular weight excluding hydrogens is 527 g/mol. The van der Waals surface area contributed by atoms with Crippen LogP contribution < -0.4 is 11.2 Å². The molecule has 1 aliphatic rings. The lowest BCUT2D eigenvalue weighted by Crippen LogP contribution is -2.38. The van der Waals surface area contributed by atoms with Crippen molar-refractivity contribution in [3.05, 3.63) is 45.0 Å². The second kappa shape index (κ2) is 12.5. The summed E-state index contributed by atoms with van der Waals surface area (Å²) in [4.78, 5) is 49.7. The van der Waals surface area contributed by atoms with Gasteiger partial charge in [-0.3, -0.25) is 37.5 Å². The maximum Gasteiger partial charge on any atom is 0.359 e. The van der Waals surface area contributed by atoms with Gasteiger partial charge in [0.2, 0.25) is 13.6 Å². The number of aliphatic hydroxyl groups is 1. The number of rotatable bonds is 10. The van der Waals surface area contributed by atoms with E-state index < -0.39 is 79.7 Å². The number of methoxy groups -OCH3 is 1. The molecule has 1 fully saturated rings. The van der Waals surface area contributed by atoms with Crippen molar-refractivity contribution in [3.63, 3.8) is 0 Å². The first-order valence-corrected chi connectivity index (χ1v) is 13.2. The molecule has 2 N–H and O–H groups in total. The lowest BCUT2D eigenvalue weighted by Gasteiger charge is -2.20. The van der Waals surface area contributed by atoms with Gasteiger partial charge in [0.05, 0.1) is 10.8 Å². The van der Waals surface area contributed by atoms with Crippen molar-refractivity contribution < 1.29 is 47.3 Å². The molecule has 15 heteroatoms. The minimum absolute atomic E-state index is 0.621. The quantitative estimate of drug-likeness (QED) is 0.239. The van der Waals surface area contributed by atoms with E-state index in [1.165, 1.54) is 13.3 Å². The van der Waals surface area contributed by atoms with Crippen molar-refractivity contribution >= 4 is 19.5 Å². The number of carbonyl (C=O) groups excluding carboxylic acids is 2. The number of carbonyl (C=O) groups is 2. The van der Waals surface area contributed by atoms with Crippen LogP contribution in [0.4, 0.5) is 0 Å². The molecule has 0 radical (unpaired) electrons. The summed E-state index contributed by atoms with van der Waals surface area (Å²) in [7, 11) is -2.95. The molecule has 0 bridgehead atoms. The molecule has 1 aromatic rings. The van der Waals surface area contributed by atoms with Crippen molar-refractivity contribution in [1.82, 2.24) is 9.55 Å². The Morgan fingerprint density at radius 3 is 2.05 bits per heavy atom. The number of aromatic amines is 1. The first-order chi connectivity index (χ1) is 17.5.